The number of anilines is 1. The second kappa shape index (κ2) is 7.52. The number of carbonyl (C=O) groups excluding carboxylic acids is 2. The van der Waals surface area contributed by atoms with E-state index >= 15 is 0 Å². The van der Waals surface area contributed by atoms with Gasteiger partial charge in [-0.3, -0.25) is 4.79 Å². The summed E-state index contributed by atoms with van der Waals surface area (Å²) in [6.07, 6.45) is 1.17. The number of carbonyl (C=O) groups is 2. The monoisotopic (exact) mass is 439 g/mol. The molecule has 0 bridgehead atoms. The van der Waals surface area contributed by atoms with Crippen LogP contribution in [0, 0.1) is 5.92 Å². The molecule has 6 nitrogen and oxygen atoms in total. The number of ether oxygens (including phenoxy) is 1. The van der Waals surface area contributed by atoms with E-state index in [9.17, 15) is 9.59 Å². The van der Waals surface area contributed by atoms with Crippen LogP contribution in [0.4, 0.5) is 9.93 Å². The largest absolute Gasteiger partial charge is 0.444 e. The van der Waals surface area contributed by atoms with Crippen LogP contribution in [0.5, 0.6) is 0 Å². The lowest BCUT2D eigenvalue weighted by atomic mass is 9.97. The molecule has 1 aliphatic rings. The van der Waals surface area contributed by atoms with E-state index in [4.69, 9.17) is 4.74 Å². The van der Waals surface area contributed by atoms with E-state index in [0.717, 1.165) is 27.5 Å². The maximum Gasteiger partial charge on any atom is 0.410 e. The highest BCUT2D eigenvalue weighted by Crippen LogP contribution is 2.31. The van der Waals surface area contributed by atoms with Gasteiger partial charge in [0.1, 0.15) is 5.60 Å². The van der Waals surface area contributed by atoms with Gasteiger partial charge in [0.25, 0.3) is 0 Å². The van der Waals surface area contributed by atoms with Crippen LogP contribution in [0.1, 0.15) is 33.6 Å². The first-order valence-corrected chi connectivity index (χ1v) is 10.2. The minimum absolute atomic E-state index is 0.103. The van der Waals surface area contributed by atoms with E-state index < -0.39 is 5.60 Å². The van der Waals surface area contributed by atoms with Crippen molar-refractivity contribution in [2.45, 2.75) is 39.2 Å². The number of halogens is 1. The maximum absolute atomic E-state index is 12.6. The van der Waals surface area contributed by atoms with E-state index in [1.165, 1.54) is 11.3 Å². The van der Waals surface area contributed by atoms with Crippen molar-refractivity contribution in [3.8, 4) is 0 Å². The molecule has 0 radical (unpaired) electrons. The number of nitrogens with zero attached hydrogens (tertiary/aromatic N) is 2. The summed E-state index contributed by atoms with van der Waals surface area (Å²) in [4.78, 5) is 31.0. The van der Waals surface area contributed by atoms with Crippen LogP contribution in [-0.4, -0.2) is 40.6 Å². The van der Waals surface area contributed by atoms with E-state index in [-0.39, 0.29) is 17.9 Å². The Balaban J connectivity index is 1.65. The molecule has 1 aliphatic heterocycles. The minimum Gasteiger partial charge on any atom is -0.444 e. The fraction of sp³-hybridized carbons (Fsp3) is 0.500. The van der Waals surface area contributed by atoms with Gasteiger partial charge in [0.15, 0.2) is 5.13 Å². The number of fused-ring (bicyclic) bond motifs is 1. The van der Waals surface area contributed by atoms with Crippen molar-refractivity contribution in [2.75, 3.05) is 18.4 Å². The third-order valence-corrected chi connectivity index (χ3v) is 5.62. The van der Waals surface area contributed by atoms with Crippen LogP contribution in [-0.2, 0) is 9.53 Å². The number of nitrogens with one attached hydrogen (secondary N) is 1. The molecule has 26 heavy (non-hydrogen) atoms. The molecule has 2 heterocycles. The summed E-state index contributed by atoms with van der Waals surface area (Å²) in [5, 5.41) is 3.48. The molecule has 1 unspecified atom stereocenters. The molecule has 0 spiro atoms. The maximum atomic E-state index is 12.6. The lowest BCUT2D eigenvalue weighted by Crippen LogP contribution is -2.45. The predicted octanol–water partition coefficient (Wildman–Crippen LogP) is 4.64. The molecule has 2 amide bonds. The van der Waals surface area contributed by atoms with Gasteiger partial charge in [-0.25, -0.2) is 9.78 Å². The van der Waals surface area contributed by atoms with Gasteiger partial charge in [-0.05, 0) is 61.7 Å². The lowest BCUT2D eigenvalue weighted by molar-refractivity contribution is -0.121. The molecule has 1 N–H and O–H groups in total. The molecule has 8 heteroatoms. The predicted molar refractivity (Wildman–Crippen MR) is 106 cm³/mol. The van der Waals surface area contributed by atoms with Crippen LogP contribution in [0.2, 0.25) is 0 Å². The Kier molecular flexibility index (Phi) is 5.53. The van der Waals surface area contributed by atoms with Gasteiger partial charge in [-0.2, -0.15) is 0 Å². The zero-order valence-electron chi connectivity index (χ0n) is 15.0. The normalized spacial score (nSPS) is 18.0. The van der Waals surface area contributed by atoms with Crippen LogP contribution in [0.3, 0.4) is 0 Å². The van der Waals surface area contributed by atoms with Crippen LogP contribution in [0.15, 0.2) is 22.7 Å². The average Bonchev–Trinajstić information content (AvgIpc) is 2.97. The third kappa shape index (κ3) is 4.54. The highest BCUT2D eigenvalue weighted by atomic mass is 79.9. The average molecular weight is 440 g/mol. The summed E-state index contributed by atoms with van der Waals surface area (Å²) >= 11 is 4.91. The number of amides is 2. The van der Waals surface area contributed by atoms with Gasteiger partial charge in [0.2, 0.25) is 5.91 Å². The zero-order chi connectivity index (χ0) is 18.9. The van der Waals surface area contributed by atoms with Crippen molar-refractivity contribution in [1.82, 2.24) is 9.88 Å². The van der Waals surface area contributed by atoms with Gasteiger partial charge in [0, 0.05) is 17.6 Å². The minimum atomic E-state index is -0.541. The Morgan fingerprint density at radius 3 is 2.85 bits per heavy atom. The number of para-hydroxylation sites is 1. The third-order valence-electron chi connectivity index (χ3n) is 4.04. The van der Waals surface area contributed by atoms with Crippen LogP contribution in [0.25, 0.3) is 10.2 Å². The van der Waals surface area contributed by atoms with Crippen molar-refractivity contribution in [1.29, 1.82) is 0 Å². The molecule has 1 aromatic heterocycles. The van der Waals surface area contributed by atoms with E-state index in [2.05, 4.69) is 26.2 Å². The number of benzene rings is 1. The van der Waals surface area contributed by atoms with Crippen molar-refractivity contribution in [3.05, 3.63) is 22.7 Å². The number of aromatic nitrogens is 1. The molecule has 0 saturated carbocycles. The summed E-state index contributed by atoms with van der Waals surface area (Å²) in [7, 11) is 0. The van der Waals surface area contributed by atoms with E-state index in [0.29, 0.717) is 18.2 Å². The number of thiazole rings is 1. The molecule has 140 valence electrons. The Morgan fingerprint density at radius 1 is 1.38 bits per heavy atom. The molecule has 1 saturated heterocycles. The number of likely N-dealkylation sites (tertiary alicyclic amines) is 1. The molecule has 1 aromatic carbocycles. The first-order chi connectivity index (χ1) is 12.2. The summed E-state index contributed by atoms with van der Waals surface area (Å²) in [6.45, 7) is 6.50. The number of hydrogen-bond donors (Lipinski definition) is 1. The molecule has 0 aliphatic carbocycles. The zero-order valence-corrected chi connectivity index (χ0v) is 17.4. The Morgan fingerprint density at radius 2 is 2.15 bits per heavy atom. The first-order valence-electron chi connectivity index (χ1n) is 8.57. The van der Waals surface area contributed by atoms with Crippen molar-refractivity contribution < 1.29 is 14.3 Å². The van der Waals surface area contributed by atoms with Gasteiger partial charge >= 0.3 is 6.09 Å². The quantitative estimate of drug-likeness (QED) is 0.739. The Labute approximate surface area is 165 Å². The van der Waals surface area contributed by atoms with Crippen LogP contribution < -0.4 is 5.32 Å². The molecule has 2 aromatic rings. The van der Waals surface area contributed by atoms with Crippen molar-refractivity contribution in [2.24, 2.45) is 5.92 Å². The molecule has 3 rings (SSSR count). The van der Waals surface area contributed by atoms with E-state index in [1.807, 2.05) is 39.0 Å². The SMILES string of the molecule is CC(C)(C)OC(=O)N1CCCC(C(=O)Nc2nc3c(Br)cccc3s2)C1. The molecule has 1 atom stereocenters. The second-order valence-electron chi connectivity index (χ2n) is 7.36. The number of hydrogen-bond acceptors (Lipinski definition) is 5. The van der Waals surface area contributed by atoms with Crippen molar-refractivity contribution in [3.63, 3.8) is 0 Å². The fourth-order valence-electron chi connectivity index (χ4n) is 2.86. The highest BCUT2D eigenvalue weighted by Gasteiger charge is 2.31. The first kappa shape index (κ1) is 19.1. The number of rotatable bonds is 2. The standard InChI is InChI=1S/C18H22BrN3O3S/c1-18(2,3)25-17(24)22-9-5-6-11(10-22)15(23)21-16-20-14-12(19)7-4-8-13(14)26-16/h4,7-8,11H,5-6,9-10H2,1-3H3,(H,20,21,23). The Hall–Kier alpha value is -1.67. The fourth-order valence-corrected chi connectivity index (χ4v) is 4.34. The summed E-state index contributed by atoms with van der Waals surface area (Å²) < 4.78 is 7.33. The van der Waals surface area contributed by atoms with Gasteiger partial charge in [0.05, 0.1) is 16.1 Å². The summed E-state index contributed by atoms with van der Waals surface area (Å²) in [5.41, 5.74) is 0.299. The second-order valence-corrected chi connectivity index (χ2v) is 9.25. The topological polar surface area (TPSA) is 71.5 Å². The Bertz CT molecular complexity index is 831. The molecular formula is C18H22BrN3O3S. The number of piperidine rings is 1. The lowest BCUT2D eigenvalue weighted by Gasteiger charge is -2.33. The smallest absolute Gasteiger partial charge is 0.410 e. The molecular weight excluding hydrogens is 418 g/mol. The highest BCUT2D eigenvalue weighted by molar-refractivity contribution is 9.10. The van der Waals surface area contributed by atoms with Gasteiger partial charge in [-0.1, -0.05) is 17.4 Å². The van der Waals surface area contributed by atoms with E-state index in [1.54, 1.807) is 4.90 Å². The summed E-state index contributed by atoms with van der Waals surface area (Å²) in [6, 6.07) is 5.84. The van der Waals surface area contributed by atoms with Gasteiger partial charge < -0.3 is 15.0 Å². The van der Waals surface area contributed by atoms with Gasteiger partial charge in [-0.15, -0.1) is 0 Å². The summed E-state index contributed by atoms with van der Waals surface area (Å²) in [5.74, 6) is -0.361. The molecule has 1 fully saturated rings. The van der Waals surface area contributed by atoms with Crippen molar-refractivity contribution >= 4 is 54.6 Å². The van der Waals surface area contributed by atoms with Crippen LogP contribution >= 0.6 is 27.3 Å².